The maximum atomic E-state index is 13.0. The van der Waals surface area contributed by atoms with Gasteiger partial charge in [-0.2, -0.15) is 4.52 Å². The third kappa shape index (κ3) is 3.04. The molecule has 0 aliphatic heterocycles. The van der Waals surface area contributed by atoms with Crippen molar-refractivity contribution >= 4 is 11.5 Å². The van der Waals surface area contributed by atoms with Gasteiger partial charge in [0.1, 0.15) is 11.6 Å². The number of ether oxygens (including phenoxy) is 1. The number of nitrogens with zero attached hydrogens (tertiary/aromatic N) is 4. The lowest BCUT2D eigenvalue weighted by Crippen LogP contribution is -2.08. The monoisotopic (exact) mass is 301 g/mol. The van der Waals surface area contributed by atoms with Crippen molar-refractivity contribution in [3.63, 3.8) is 0 Å². The zero-order valence-corrected chi connectivity index (χ0v) is 12.2. The summed E-state index contributed by atoms with van der Waals surface area (Å²) >= 11 is 0. The Labute approximate surface area is 126 Å². The molecule has 2 aromatic heterocycles. The van der Waals surface area contributed by atoms with Crippen molar-refractivity contribution in [2.24, 2.45) is 0 Å². The first-order chi connectivity index (χ1) is 10.8. The van der Waals surface area contributed by atoms with E-state index in [1.54, 1.807) is 23.8 Å². The molecular formula is C15H16FN5O. The Balaban J connectivity index is 1.86. The average Bonchev–Trinajstić information content (AvgIpc) is 2.96. The van der Waals surface area contributed by atoms with Gasteiger partial charge in [-0.15, -0.1) is 15.3 Å². The molecule has 2 heterocycles. The van der Waals surface area contributed by atoms with Gasteiger partial charge in [-0.05, 0) is 42.8 Å². The Bertz CT molecular complexity index is 756. The molecule has 0 saturated carbocycles. The number of methoxy groups -OCH3 is 1. The van der Waals surface area contributed by atoms with Crippen LogP contribution in [0.1, 0.15) is 6.42 Å². The summed E-state index contributed by atoms with van der Waals surface area (Å²) in [6.45, 7) is 1.46. The van der Waals surface area contributed by atoms with Crippen molar-refractivity contribution < 1.29 is 9.13 Å². The minimum atomic E-state index is -0.286. The number of aromatic nitrogens is 4. The van der Waals surface area contributed by atoms with E-state index in [2.05, 4.69) is 20.6 Å². The summed E-state index contributed by atoms with van der Waals surface area (Å²) in [6.07, 6.45) is 0.892. The summed E-state index contributed by atoms with van der Waals surface area (Å²) < 4.78 is 19.7. The largest absolute Gasteiger partial charge is 0.385 e. The second-order valence-corrected chi connectivity index (χ2v) is 4.79. The van der Waals surface area contributed by atoms with E-state index in [1.165, 1.54) is 12.1 Å². The highest BCUT2D eigenvalue weighted by Crippen LogP contribution is 2.18. The number of benzene rings is 1. The highest BCUT2D eigenvalue weighted by Gasteiger charge is 2.10. The van der Waals surface area contributed by atoms with Crippen LogP contribution in [0.3, 0.4) is 0 Å². The summed E-state index contributed by atoms with van der Waals surface area (Å²) in [7, 11) is 1.68. The van der Waals surface area contributed by atoms with Crippen LogP contribution in [0.4, 0.5) is 10.2 Å². The van der Waals surface area contributed by atoms with Gasteiger partial charge in [-0.3, -0.25) is 0 Å². The fourth-order valence-electron chi connectivity index (χ4n) is 2.10. The van der Waals surface area contributed by atoms with E-state index in [0.717, 1.165) is 24.3 Å². The smallest absolute Gasteiger partial charge is 0.185 e. The second-order valence-electron chi connectivity index (χ2n) is 4.79. The van der Waals surface area contributed by atoms with Gasteiger partial charge in [0.25, 0.3) is 0 Å². The van der Waals surface area contributed by atoms with Gasteiger partial charge in [0.15, 0.2) is 11.5 Å². The molecule has 0 fully saturated rings. The summed E-state index contributed by atoms with van der Waals surface area (Å²) in [5, 5.41) is 15.9. The normalized spacial score (nSPS) is 11.0. The van der Waals surface area contributed by atoms with E-state index in [1.807, 2.05) is 12.1 Å². The van der Waals surface area contributed by atoms with Gasteiger partial charge in [0, 0.05) is 25.8 Å². The predicted molar refractivity (Wildman–Crippen MR) is 81.2 cm³/mol. The van der Waals surface area contributed by atoms with E-state index >= 15 is 0 Å². The highest BCUT2D eigenvalue weighted by atomic mass is 19.1. The number of hydrogen-bond acceptors (Lipinski definition) is 5. The molecule has 22 heavy (non-hydrogen) atoms. The molecule has 0 atom stereocenters. The molecular weight excluding hydrogens is 285 g/mol. The number of halogens is 1. The summed E-state index contributed by atoms with van der Waals surface area (Å²) in [5.41, 5.74) is 1.40. The Morgan fingerprint density at radius 2 is 1.95 bits per heavy atom. The Morgan fingerprint density at radius 1 is 1.14 bits per heavy atom. The van der Waals surface area contributed by atoms with Crippen molar-refractivity contribution in [3.8, 4) is 11.4 Å². The Hall–Kier alpha value is -2.54. The molecule has 114 valence electrons. The Morgan fingerprint density at radius 3 is 2.73 bits per heavy atom. The maximum absolute atomic E-state index is 13.0. The van der Waals surface area contributed by atoms with Gasteiger partial charge in [-0.25, -0.2) is 4.39 Å². The molecule has 0 bridgehead atoms. The quantitative estimate of drug-likeness (QED) is 0.708. The third-order valence-corrected chi connectivity index (χ3v) is 3.20. The SMILES string of the molecule is COCCCNc1ccc2nnc(-c3ccc(F)cc3)n2n1. The first-order valence-electron chi connectivity index (χ1n) is 6.99. The van der Waals surface area contributed by atoms with Crippen LogP contribution in [0.15, 0.2) is 36.4 Å². The lowest BCUT2D eigenvalue weighted by molar-refractivity contribution is 0.197. The van der Waals surface area contributed by atoms with Gasteiger partial charge < -0.3 is 10.1 Å². The van der Waals surface area contributed by atoms with Crippen LogP contribution in [-0.4, -0.2) is 40.1 Å². The summed E-state index contributed by atoms with van der Waals surface area (Å²) in [4.78, 5) is 0. The second kappa shape index (κ2) is 6.48. The zero-order valence-electron chi connectivity index (χ0n) is 12.2. The average molecular weight is 301 g/mol. The van der Waals surface area contributed by atoms with E-state index in [9.17, 15) is 4.39 Å². The number of anilines is 1. The molecule has 0 saturated heterocycles. The molecule has 0 spiro atoms. The van der Waals surface area contributed by atoms with Crippen LogP contribution in [0.2, 0.25) is 0 Å². The number of hydrogen-bond donors (Lipinski definition) is 1. The molecule has 6 nitrogen and oxygen atoms in total. The van der Waals surface area contributed by atoms with Crippen molar-refractivity contribution in [1.29, 1.82) is 0 Å². The van der Waals surface area contributed by atoms with Gasteiger partial charge >= 0.3 is 0 Å². The number of nitrogens with one attached hydrogen (secondary N) is 1. The van der Waals surface area contributed by atoms with Crippen molar-refractivity contribution in [2.75, 3.05) is 25.6 Å². The van der Waals surface area contributed by atoms with E-state index < -0.39 is 0 Å². The van der Waals surface area contributed by atoms with Crippen LogP contribution in [-0.2, 0) is 4.74 Å². The first kappa shape index (κ1) is 14.4. The van der Waals surface area contributed by atoms with Gasteiger partial charge in [0.2, 0.25) is 0 Å². The lowest BCUT2D eigenvalue weighted by Gasteiger charge is -2.06. The van der Waals surface area contributed by atoms with E-state index in [4.69, 9.17) is 4.74 Å². The topological polar surface area (TPSA) is 64.3 Å². The van der Waals surface area contributed by atoms with E-state index in [-0.39, 0.29) is 5.82 Å². The molecule has 3 rings (SSSR count). The molecule has 7 heteroatoms. The van der Waals surface area contributed by atoms with Crippen LogP contribution in [0, 0.1) is 5.82 Å². The number of fused-ring (bicyclic) bond motifs is 1. The fraction of sp³-hybridized carbons (Fsp3) is 0.267. The first-order valence-corrected chi connectivity index (χ1v) is 6.99. The molecule has 1 aromatic carbocycles. The maximum Gasteiger partial charge on any atom is 0.185 e. The van der Waals surface area contributed by atoms with Crippen LogP contribution in [0.5, 0.6) is 0 Å². The zero-order chi connectivity index (χ0) is 15.4. The van der Waals surface area contributed by atoms with Crippen molar-refractivity contribution in [2.45, 2.75) is 6.42 Å². The predicted octanol–water partition coefficient (Wildman–Crippen LogP) is 2.38. The van der Waals surface area contributed by atoms with Crippen LogP contribution >= 0.6 is 0 Å². The molecule has 1 N–H and O–H groups in total. The van der Waals surface area contributed by atoms with Gasteiger partial charge in [0.05, 0.1) is 0 Å². The number of rotatable bonds is 6. The molecule has 0 amide bonds. The van der Waals surface area contributed by atoms with Crippen LogP contribution in [0.25, 0.3) is 17.0 Å². The molecule has 0 aliphatic carbocycles. The van der Waals surface area contributed by atoms with Gasteiger partial charge in [-0.1, -0.05) is 0 Å². The van der Waals surface area contributed by atoms with Crippen LogP contribution < -0.4 is 5.32 Å². The fourth-order valence-corrected chi connectivity index (χ4v) is 2.10. The minimum absolute atomic E-state index is 0.286. The Kier molecular flexibility index (Phi) is 4.24. The van der Waals surface area contributed by atoms with Crippen molar-refractivity contribution in [3.05, 3.63) is 42.2 Å². The van der Waals surface area contributed by atoms with E-state index in [0.29, 0.717) is 18.1 Å². The standard InChI is InChI=1S/C15H16FN5O/c1-22-10-2-9-17-13-7-8-14-18-19-15(21(14)20-13)11-3-5-12(16)6-4-11/h3-8H,2,9-10H2,1H3,(H,17,20). The molecule has 0 aliphatic rings. The minimum Gasteiger partial charge on any atom is -0.385 e. The molecule has 3 aromatic rings. The lowest BCUT2D eigenvalue weighted by atomic mass is 10.2. The molecule has 0 unspecified atom stereocenters. The van der Waals surface area contributed by atoms with Crippen molar-refractivity contribution in [1.82, 2.24) is 19.8 Å². The third-order valence-electron chi connectivity index (χ3n) is 3.20. The molecule has 0 radical (unpaired) electrons. The summed E-state index contributed by atoms with van der Waals surface area (Å²) in [5.74, 6) is 1.02. The summed E-state index contributed by atoms with van der Waals surface area (Å²) in [6, 6.07) is 9.79. The highest BCUT2D eigenvalue weighted by molar-refractivity contribution is 5.59.